The number of esters is 1. The maximum Gasteiger partial charge on any atom is 0.338 e. The standard InChI is InChI=1S/C15H13ClN2O6S/c1-23-11-6-8(15(20)24-2)5-10(18(21)22)9(11)7-17-14(19)12-3-4-13(16)25-12/h3-6H,7H2,1-2H3,(H,17,19). The lowest BCUT2D eigenvalue weighted by atomic mass is 10.1. The number of amides is 1. The molecule has 0 spiro atoms. The van der Waals surface area contributed by atoms with Crippen molar-refractivity contribution in [2.75, 3.05) is 14.2 Å². The van der Waals surface area contributed by atoms with Gasteiger partial charge in [0.15, 0.2) is 0 Å². The highest BCUT2D eigenvalue weighted by Crippen LogP contribution is 2.31. The van der Waals surface area contributed by atoms with Crippen LogP contribution in [0.5, 0.6) is 5.75 Å². The van der Waals surface area contributed by atoms with Crippen molar-refractivity contribution < 1.29 is 24.0 Å². The van der Waals surface area contributed by atoms with E-state index in [9.17, 15) is 19.7 Å². The second-order valence-electron chi connectivity index (χ2n) is 4.71. The number of rotatable bonds is 6. The summed E-state index contributed by atoms with van der Waals surface area (Å²) < 4.78 is 10.2. The van der Waals surface area contributed by atoms with Gasteiger partial charge < -0.3 is 14.8 Å². The maximum atomic E-state index is 12.1. The number of ether oxygens (including phenoxy) is 2. The number of benzene rings is 1. The first-order valence-corrected chi connectivity index (χ1v) is 8.04. The van der Waals surface area contributed by atoms with E-state index in [1.54, 1.807) is 12.1 Å². The van der Waals surface area contributed by atoms with E-state index in [0.29, 0.717) is 9.21 Å². The molecule has 1 aromatic heterocycles. The fraction of sp³-hybridized carbons (Fsp3) is 0.200. The van der Waals surface area contributed by atoms with Crippen LogP contribution >= 0.6 is 22.9 Å². The highest BCUT2D eigenvalue weighted by molar-refractivity contribution is 7.17. The molecular weight excluding hydrogens is 372 g/mol. The lowest BCUT2D eigenvalue weighted by Crippen LogP contribution is -2.23. The van der Waals surface area contributed by atoms with E-state index in [2.05, 4.69) is 10.1 Å². The van der Waals surface area contributed by atoms with Crippen LogP contribution in [0.1, 0.15) is 25.6 Å². The Bertz CT molecular complexity index is 835. The lowest BCUT2D eigenvalue weighted by Gasteiger charge is -2.11. The number of carbonyl (C=O) groups is 2. The van der Waals surface area contributed by atoms with Gasteiger partial charge in [-0.2, -0.15) is 0 Å². The molecule has 2 rings (SSSR count). The molecular formula is C15H13ClN2O6S. The van der Waals surface area contributed by atoms with Gasteiger partial charge in [0.2, 0.25) is 0 Å². The summed E-state index contributed by atoms with van der Waals surface area (Å²) >= 11 is 6.87. The summed E-state index contributed by atoms with van der Waals surface area (Å²) in [5.74, 6) is -1.06. The number of nitrogens with one attached hydrogen (secondary N) is 1. The van der Waals surface area contributed by atoms with Crippen LogP contribution in [0.15, 0.2) is 24.3 Å². The van der Waals surface area contributed by atoms with Crippen molar-refractivity contribution in [3.63, 3.8) is 0 Å². The molecule has 0 aliphatic rings. The summed E-state index contributed by atoms with van der Waals surface area (Å²) in [5.41, 5.74) is -0.244. The summed E-state index contributed by atoms with van der Waals surface area (Å²) in [6.07, 6.45) is 0. The van der Waals surface area contributed by atoms with E-state index in [4.69, 9.17) is 16.3 Å². The molecule has 1 heterocycles. The average Bonchev–Trinajstić information content (AvgIpc) is 3.04. The first-order valence-electron chi connectivity index (χ1n) is 6.84. The number of halogens is 1. The Kier molecular flexibility index (Phi) is 5.94. The number of nitro groups is 1. The predicted molar refractivity (Wildman–Crippen MR) is 91.5 cm³/mol. The van der Waals surface area contributed by atoms with Gasteiger partial charge in [-0.05, 0) is 18.2 Å². The van der Waals surface area contributed by atoms with Crippen LogP contribution in [0.25, 0.3) is 0 Å². The molecule has 0 unspecified atom stereocenters. The van der Waals surface area contributed by atoms with Gasteiger partial charge in [0.1, 0.15) is 5.75 Å². The Morgan fingerprint density at radius 2 is 2.04 bits per heavy atom. The molecule has 0 atom stereocenters. The summed E-state index contributed by atoms with van der Waals surface area (Å²) in [6.45, 7) is -0.157. The molecule has 8 nitrogen and oxygen atoms in total. The van der Waals surface area contributed by atoms with Gasteiger partial charge in [0.05, 0.1) is 46.0 Å². The molecule has 25 heavy (non-hydrogen) atoms. The highest BCUT2D eigenvalue weighted by atomic mass is 35.5. The fourth-order valence-electron chi connectivity index (χ4n) is 2.08. The van der Waals surface area contributed by atoms with Crippen LogP contribution in [-0.2, 0) is 11.3 Å². The molecule has 0 aliphatic heterocycles. The van der Waals surface area contributed by atoms with Crippen LogP contribution in [0.4, 0.5) is 5.69 Å². The molecule has 1 N–H and O–H groups in total. The lowest BCUT2D eigenvalue weighted by molar-refractivity contribution is -0.385. The zero-order valence-corrected chi connectivity index (χ0v) is 14.8. The maximum absolute atomic E-state index is 12.1. The van der Waals surface area contributed by atoms with Gasteiger partial charge in [-0.15, -0.1) is 11.3 Å². The van der Waals surface area contributed by atoms with E-state index in [1.165, 1.54) is 20.3 Å². The van der Waals surface area contributed by atoms with Crippen molar-refractivity contribution in [3.8, 4) is 5.75 Å². The number of thiophene rings is 1. The SMILES string of the molecule is COC(=O)c1cc(OC)c(CNC(=O)c2ccc(Cl)s2)c([N+](=O)[O-])c1. The van der Waals surface area contributed by atoms with Crippen molar-refractivity contribution in [1.29, 1.82) is 0 Å². The van der Waals surface area contributed by atoms with E-state index >= 15 is 0 Å². The molecule has 0 saturated heterocycles. The largest absolute Gasteiger partial charge is 0.496 e. The zero-order chi connectivity index (χ0) is 18.6. The van der Waals surface area contributed by atoms with Crippen molar-refractivity contribution in [2.24, 2.45) is 0 Å². The Balaban J connectivity index is 2.33. The molecule has 1 aromatic carbocycles. The van der Waals surface area contributed by atoms with Gasteiger partial charge in [0.25, 0.3) is 11.6 Å². The minimum Gasteiger partial charge on any atom is -0.496 e. The first kappa shape index (κ1) is 18.7. The van der Waals surface area contributed by atoms with Gasteiger partial charge in [-0.25, -0.2) is 4.79 Å². The zero-order valence-electron chi connectivity index (χ0n) is 13.2. The van der Waals surface area contributed by atoms with E-state index in [0.717, 1.165) is 17.4 Å². The number of nitrogens with zero attached hydrogens (tertiary/aromatic N) is 1. The molecule has 132 valence electrons. The van der Waals surface area contributed by atoms with Gasteiger partial charge in [0, 0.05) is 6.07 Å². The van der Waals surface area contributed by atoms with E-state index in [-0.39, 0.29) is 29.1 Å². The summed E-state index contributed by atoms with van der Waals surface area (Å²) in [6, 6.07) is 5.53. The van der Waals surface area contributed by atoms with Gasteiger partial charge >= 0.3 is 5.97 Å². The number of methoxy groups -OCH3 is 2. The molecule has 0 aliphatic carbocycles. The van der Waals surface area contributed by atoms with Crippen LogP contribution in [0.2, 0.25) is 4.34 Å². The smallest absolute Gasteiger partial charge is 0.338 e. The van der Waals surface area contributed by atoms with Crippen molar-refractivity contribution in [2.45, 2.75) is 6.54 Å². The van der Waals surface area contributed by atoms with Crippen molar-refractivity contribution in [1.82, 2.24) is 5.32 Å². The molecule has 10 heteroatoms. The molecule has 2 aromatic rings. The topological polar surface area (TPSA) is 108 Å². The Morgan fingerprint density at radius 1 is 1.32 bits per heavy atom. The molecule has 0 bridgehead atoms. The average molecular weight is 385 g/mol. The van der Waals surface area contributed by atoms with Crippen LogP contribution in [0, 0.1) is 10.1 Å². The molecule has 0 radical (unpaired) electrons. The second kappa shape index (κ2) is 7.95. The Morgan fingerprint density at radius 3 is 2.56 bits per heavy atom. The molecule has 0 saturated carbocycles. The third-order valence-corrected chi connectivity index (χ3v) is 4.48. The van der Waals surface area contributed by atoms with Crippen LogP contribution in [0.3, 0.4) is 0 Å². The summed E-state index contributed by atoms with van der Waals surface area (Å²) in [4.78, 5) is 34.8. The minimum atomic E-state index is -0.731. The first-order chi connectivity index (χ1) is 11.9. The Labute approximate surface area is 151 Å². The predicted octanol–water partition coefficient (Wildman–Crippen LogP) is 3.03. The third-order valence-electron chi connectivity index (χ3n) is 3.25. The number of hydrogen-bond acceptors (Lipinski definition) is 7. The van der Waals surface area contributed by atoms with Crippen LogP contribution in [-0.4, -0.2) is 31.0 Å². The van der Waals surface area contributed by atoms with E-state index in [1.807, 2.05) is 0 Å². The number of hydrogen-bond donors (Lipinski definition) is 1. The van der Waals surface area contributed by atoms with Crippen molar-refractivity contribution >= 4 is 40.5 Å². The highest BCUT2D eigenvalue weighted by Gasteiger charge is 2.24. The second-order valence-corrected chi connectivity index (χ2v) is 6.43. The van der Waals surface area contributed by atoms with Gasteiger partial charge in [-0.3, -0.25) is 14.9 Å². The number of carbonyl (C=O) groups excluding carboxylic acids is 2. The Hall–Kier alpha value is -2.65. The summed E-state index contributed by atoms with van der Waals surface area (Å²) in [5, 5.41) is 13.9. The fourth-order valence-corrected chi connectivity index (χ4v) is 3.04. The van der Waals surface area contributed by atoms with E-state index < -0.39 is 16.8 Å². The van der Waals surface area contributed by atoms with Crippen LogP contribution < -0.4 is 10.1 Å². The number of nitro benzene ring substituents is 1. The summed E-state index contributed by atoms with van der Waals surface area (Å²) in [7, 11) is 2.48. The molecule has 0 fully saturated rings. The monoisotopic (exact) mass is 384 g/mol. The molecule has 1 amide bonds. The minimum absolute atomic E-state index is 0.0221. The normalized spacial score (nSPS) is 10.2. The quantitative estimate of drug-likeness (QED) is 0.466. The van der Waals surface area contributed by atoms with Crippen molar-refractivity contribution in [3.05, 3.63) is 54.7 Å². The van der Waals surface area contributed by atoms with Gasteiger partial charge in [-0.1, -0.05) is 11.6 Å². The third kappa shape index (κ3) is 4.25.